The van der Waals surface area contributed by atoms with Crippen molar-refractivity contribution in [2.24, 2.45) is 5.41 Å². The minimum absolute atomic E-state index is 0.0458. The highest BCUT2D eigenvalue weighted by Crippen LogP contribution is 2.45. The maximum absolute atomic E-state index is 12.8. The summed E-state index contributed by atoms with van der Waals surface area (Å²) in [6.07, 6.45) is 1.76. The molecule has 23 heavy (non-hydrogen) atoms. The van der Waals surface area contributed by atoms with Gasteiger partial charge in [0.15, 0.2) is 0 Å². The lowest BCUT2D eigenvalue weighted by molar-refractivity contribution is 0.0900. The third kappa shape index (κ3) is 2.31. The lowest BCUT2D eigenvalue weighted by atomic mass is 9.84. The Morgan fingerprint density at radius 2 is 2.00 bits per heavy atom. The van der Waals surface area contributed by atoms with E-state index in [9.17, 15) is 4.79 Å². The Labute approximate surface area is 135 Å². The SMILES string of the molecule is CC(C)(C)[C@@H](NC(=O)c1ccc2c3[nH]c-3cc1-2)c1ccccn1. The zero-order valence-corrected chi connectivity index (χ0v) is 13.5. The second-order valence-electron chi connectivity index (χ2n) is 7.16. The van der Waals surface area contributed by atoms with Crippen LogP contribution in [-0.4, -0.2) is 15.9 Å². The van der Waals surface area contributed by atoms with Crippen molar-refractivity contribution in [2.45, 2.75) is 26.8 Å². The highest BCUT2D eigenvalue weighted by Gasteiger charge is 2.32. The number of rotatable bonds is 3. The number of H-pyrrole nitrogens is 1. The number of aromatic nitrogens is 2. The Morgan fingerprint density at radius 1 is 1.17 bits per heavy atom. The van der Waals surface area contributed by atoms with Gasteiger partial charge in [0.1, 0.15) is 0 Å². The molecule has 2 N–H and O–H groups in total. The Balaban J connectivity index is 1.64. The Bertz CT molecular complexity index is 858. The molecule has 0 saturated carbocycles. The van der Waals surface area contributed by atoms with Crippen molar-refractivity contribution < 1.29 is 4.79 Å². The molecule has 1 amide bonds. The van der Waals surface area contributed by atoms with Crippen molar-refractivity contribution in [2.75, 3.05) is 0 Å². The van der Waals surface area contributed by atoms with Gasteiger partial charge in [0, 0.05) is 17.3 Å². The van der Waals surface area contributed by atoms with Gasteiger partial charge in [0.05, 0.1) is 23.1 Å². The van der Waals surface area contributed by atoms with E-state index >= 15 is 0 Å². The summed E-state index contributed by atoms with van der Waals surface area (Å²) in [6, 6.07) is 11.6. The molecule has 0 fully saturated rings. The van der Waals surface area contributed by atoms with Gasteiger partial charge in [-0.05, 0) is 35.2 Å². The van der Waals surface area contributed by atoms with Gasteiger partial charge < -0.3 is 10.3 Å². The van der Waals surface area contributed by atoms with Gasteiger partial charge in [-0.2, -0.15) is 0 Å². The first-order valence-corrected chi connectivity index (χ1v) is 7.83. The Morgan fingerprint density at radius 3 is 2.70 bits per heavy atom. The van der Waals surface area contributed by atoms with Crippen LogP contribution in [0.2, 0.25) is 0 Å². The number of carbonyl (C=O) groups is 1. The van der Waals surface area contributed by atoms with Crippen LogP contribution in [0.25, 0.3) is 22.5 Å². The summed E-state index contributed by atoms with van der Waals surface area (Å²) in [6.45, 7) is 6.33. The minimum atomic E-state index is -0.142. The molecule has 0 aromatic carbocycles. The molecule has 4 nitrogen and oxygen atoms in total. The molecule has 4 heteroatoms. The van der Waals surface area contributed by atoms with Crippen LogP contribution in [0.4, 0.5) is 0 Å². The molecule has 0 unspecified atom stereocenters. The Kier molecular flexibility index (Phi) is 2.85. The van der Waals surface area contributed by atoms with Gasteiger partial charge in [-0.3, -0.25) is 9.78 Å². The van der Waals surface area contributed by atoms with Crippen LogP contribution in [0.1, 0.15) is 42.9 Å². The topological polar surface area (TPSA) is 57.8 Å². The van der Waals surface area contributed by atoms with E-state index in [-0.39, 0.29) is 17.4 Å². The predicted octanol–water partition coefficient (Wildman–Crippen LogP) is 4.01. The molecule has 1 aromatic rings. The van der Waals surface area contributed by atoms with E-state index in [1.54, 1.807) is 6.20 Å². The standard InChI is InChI=1S/C19H19N3O/c1-19(2,3)17(14-6-4-5-9-20-14)22-18(23)12-8-7-11-13(12)10-15-16(11)21-15/h4-10,17,21H,1-3H3,(H,22,23)/t17-/m0/s1. The van der Waals surface area contributed by atoms with E-state index < -0.39 is 0 Å². The van der Waals surface area contributed by atoms with Crippen LogP contribution in [0.15, 0.2) is 42.6 Å². The molecule has 1 aliphatic heterocycles. The number of hydrogen-bond donors (Lipinski definition) is 2. The zero-order chi connectivity index (χ0) is 16.2. The first kappa shape index (κ1) is 14.0. The number of fused-ring (bicyclic) bond motifs is 3. The average molecular weight is 305 g/mol. The molecule has 2 aliphatic carbocycles. The molecular formula is C19H19N3O. The molecule has 0 radical (unpaired) electrons. The zero-order valence-electron chi connectivity index (χ0n) is 13.5. The van der Waals surface area contributed by atoms with Crippen LogP contribution in [-0.2, 0) is 0 Å². The van der Waals surface area contributed by atoms with E-state index in [0.717, 1.165) is 33.8 Å². The van der Waals surface area contributed by atoms with E-state index in [1.165, 1.54) is 0 Å². The fraction of sp³-hybridized carbons (Fsp3) is 0.263. The molecule has 0 saturated heterocycles. The van der Waals surface area contributed by atoms with Crippen molar-refractivity contribution >= 4 is 5.91 Å². The van der Waals surface area contributed by atoms with Crippen molar-refractivity contribution in [3.63, 3.8) is 0 Å². The Hall–Kier alpha value is -2.62. The normalized spacial score (nSPS) is 13.9. The molecule has 2 heterocycles. The van der Waals surface area contributed by atoms with Crippen LogP contribution < -0.4 is 5.32 Å². The quantitative estimate of drug-likeness (QED) is 0.601. The lowest BCUT2D eigenvalue weighted by Crippen LogP contribution is -2.37. The summed E-state index contributed by atoms with van der Waals surface area (Å²) in [4.78, 5) is 20.5. The maximum atomic E-state index is 12.8. The lowest BCUT2D eigenvalue weighted by Gasteiger charge is -2.31. The fourth-order valence-electron chi connectivity index (χ4n) is 3.12. The van der Waals surface area contributed by atoms with Crippen LogP contribution >= 0.6 is 0 Å². The summed E-state index contributed by atoms with van der Waals surface area (Å²) in [5.74, 6) is -0.0458. The molecule has 116 valence electrons. The average Bonchev–Trinajstić information content (AvgIpc) is 2.99. The number of pyridine rings is 2. The van der Waals surface area contributed by atoms with Crippen LogP contribution in [0, 0.1) is 5.41 Å². The van der Waals surface area contributed by atoms with Crippen LogP contribution in [0.3, 0.4) is 0 Å². The molecule has 0 spiro atoms. The number of aromatic amines is 1. The molecule has 0 bridgehead atoms. The van der Waals surface area contributed by atoms with Crippen molar-refractivity contribution in [3.8, 4) is 22.5 Å². The third-order valence-electron chi connectivity index (χ3n) is 4.39. The van der Waals surface area contributed by atoms with Crippen LogP contribution in [0.5, 0.6) is 0 Å². The van der Waals surface area contributed by atoms with E-state index in [4.69, 9.17) is 0 Å². The molecule has 1 atom stereocenters. The molecule has 4 rings (SSSR count). The van der Waals surface area contributed by atoms with Gasteiger partial charge in [0.25, 0.3) is 5.91 Å². The molecule has 1 aromatic heterocycles. The maximum Gasteiger partial charge on any atom is 0.252 e. The van der Waals surface area contributed by atoms with Gasteiger partial charge in [-0.25, -0.2) is 0 Å². The number of amides is 1. The second kappa shape index (κ2) is 4.69. The predicted molar refractivity (Wildman–Crippen MR) is 90.3 cm³/mol. The largest absolute Gasteiger partial charge is 0.352 e. The first-order chi connectivity index (χ1) is 10.9. The summed E-state index contributed by atoms with van der Waals surface area (Å²) >= 11 is 0. The number of hydrogen-bond acceptors (Lipinski definition) is 2. The van der Waals surface area contributed by atoms with Crippen molar-refractivity contribution in [1.82, 2.24) is 15.3 Å². The van der Waals surface area contributed by atoms with E-state index in [0.29, 0.717) is 0 Å². The van der Waals surface area contributed by atoms with Gasteiger partial charge in [0.2, 0.25) is 0 Å². The molecule has 3 aliphatic rings. The fourth-order valence-corrected chi connectivity index (χ4v) is 3.12. The monoisotopic (exact) mass is 305 g/mol. The summed E-state index contributed by atoms with van der Waals surface area (Å²) < 4.78 is 0. The highest BCUT2D eigenvalue weighted by atomic mass is 16.1. The number of nitrogens with zero attached hydrogens (tertiary/aromatic N) is 1. The van der Waals surface area contributed by atoms with E-state index in [2.05, 4.69) is 36.1 Å². The second-order valence-corrected chi connectivity index (χ2v) is 7.16. The van der Waals surface area contributed by atoms with Gasteiger partial charge in [-0.1, -0.05) is 32.9 Å². The third-order valence-corrected chi connectivity index (χ3v) is 4.39. The smallest absolute Gasteiger partial charge is 0.252 e. The first-order valence-electron chi connectivity index (χ1n) is 7.83. The number of carbonyl (C=O) groups excluding carboxylic acids is 1. The van der Waals surface area contributed by atoms with Crippen molar-refractivity contribution in [3.05, 3.63) is 53.9 Å². The minimum Gasteiger partial charge on any atom is -0.352 e. The van der Waals surface area contributed by atoms with Gasteiger partial charge >= 0.3 is 0 Å². The van der Waals surface area contributed by atoms with Crippen molar-refractivity contribution in [1.29, 1.82) is 0 Å². The summed E-state index contributed by atoms with van der Waals surface area (Å²) in [5.41, 5.74) is 5.96. The highest BCUT2D eigenvalue weighted by molar-refractivity contribution is 6.07. The number of nitrogens with one attached hydrogen (secondary N) is 2. The molecular weight excluding hydrogens is 286 g/mol. The van der Waals surface area contributed by atoms with E-state index in [1.807, 2.05) is 36.4 Å². The summed E-state index contributed by atoms with van der Waals surface area (Å²) in [7, 11) is 0. The summed E-state index contributed by atoms with van der Waals surface area (Å²) in [5, 5.41) is 3.17. The van der Waals surface area contributed by atoms with Gasteiger partial charge in [-0.15, -0.1) is 0 Å².